The Bertz CT molecular complexity index is 1380. The molecular formula is C30H52N7O10P. The lowest BCUT2D eigenvalue weighted by Gasteiger charge is -2.30. The average molecular weight is 702 g/mol. The third kappa shape index (κ3) is 9.83. The van der Waals surface area contributed by atoms with Crippen LogP contribution in [0.15, 0.2) is 6.33 Å². The molecule has 2 aromatic heterocycles. The van der Waals surface area contributed by atoms with E-state index in [1.807, 2.05) is 41.5 Å². The van der Waals surface area contributed by atoms with Crippen LogP contribution in [-0.2, 0) is 32.9 Å². The van der Waals surface area contributed by atoms with Gasteiger partial charge in [0.05, 0.1) is 33.3 Å². The number of nitrogen functional groups attached to an aromatic ring is 1. The predicted octanol–water partition coefficient (Wildman–Crippen LogP) is 2.47. The average Bonchev–Trinajstić information content (AvgIpc) is 3.52. The van der Waals surface area contributed by atoms with Crippen molar-refractivity contribution in [1.29, 1.82) is 0 Å². The first-order valence-corrected chi connectivity index (χ1v) is 17.9. The molecule has 0 aromatic carbocycles. The van der Waals surface area contributed by atoms with E-state index in [9.17, 15) is 24.4 Å². The first-order chi connectivity index (χ1) is 22.6. The van der Waals surface area contributed by atoms with Gasteiger partial charge in [-0.05, 0) is 44.4 Å². The molecule has 0 aliphatic carbocycles. The summed E-state index contributed by atoms with van der Waals surface area (Å²) in [6.07, 6.45) is -1.06. The summed E-state index contributed by atoms with van der Waals surface area (Å²) in [5.41, 5.74) is 4.35. The molecule has 1 fully saturated rings. The number of aromatic nitrogens is 4. The van der Waals surface area contributed by atoms with Crippen LogP contribution < -0.4 is 20.6 Å². The Morgan fingerprint density at radius 1 is 1.06 bits per heavy atom. The number of carbonyl (C=O) groups excluding carboxylic acids is 2. The van der Waals surface area contributed by atoms with Crippen molar-refractivity contribution in [2.24, 2.45) is 11.8 Å². The second kappa shape index (κ2) is 17.1. The fraction of sp³-hybridized carbons (Fsp3) is 0.767. The van der Waals surface area contributed by atoms with Crippen molar-refractivity contribution >= 4 is 36.7 Å². The molecule has 2 aromatic rings. The summed E-state index contributed by atoms with van der Waals surface area (Å²) >= 11 is 0. The van der Waals surface area contributed by atoms with Crippen LogP contribution >= 0.6 is 7.67 Å². The van der Waals surface area contributed by atoms with Gasteiger partial charge < -0.3 is 39.4 Å². The second-order valence-electron chi connectivity index (χ2n) is 12.9. The van der Waals surface area contributed by atoms with Gasteiger partial charge in [0.1, 0.15) is 29.9 Å². The highest BCUT2D eigenvalue weighted by atomic mass is 31.2. The van der Waals surface area contributed by atoms with Crippen molar-refractivity contribution in [3.8, 4) is 5.88 Å². The maximum absolute atomic E-state index is 14.7. The smallest absolute Gasteiger partial charge is 0.342 e. The van der Waals surface area contributed by atoms with Crippen LogP contribution in [0.5, 0.6) is 5.88 Å². The number of rotatable bonds is 19. The second-order valence-corrected chi connectivity index (χ2v) is 14.8. The van der Waals surface area contributed by atoms with E-state index < -0.39 is 62.3 Å². The lowest BCUT2D eigenvalue weighted by atomic mass is 9.96. The summed E-state index contributed by atoms with van der Waals surface area (Å²) in [7, 11) is -2.93. The predicted molar refractivity (Wildman–Crippen MR) is 176 cm³/mol. The van der Waals surface area contributed by atoms with E-state index >= 15 is 0 Å². The van der Waals surface area contributed by atoms with E-state index in [1.165, 1.54) is 24.9 Å². The lowest BCUT2D eigenvalue weighted by Crippen LogP contribution is -2.47. The Kier molecular flexibility index (Phi) is 14.1. The number of nitrogens with two attached hydrogens (primary N) is 1. The number of imidazole rings is 1. The third-order valence-electron chi connectivity index (χ3n) is 7.56. The molecule has 0 radical (unpaired) electrons. The van der Waals surface area contributed by atoms with E-state index in [1.54, 1.807) is 0 Å². The number of methoxy groups -OCH3 is 1. The van der Waals surface area contributed by atoms with E-state index in [2.05, 4.69) is 25.1 Å². The normalized spacial score (nSPS) is 22.7. The van der Waals surface area contributed by atoms with Crippen molar-refractivity contribution in [1.82, 2.24) is 29.7 Å². The molecule has 272 valence electrons. The number of hydrogen-bond acceptors (Lipinski definition) is 14. The van der Waals surface area contributed by atoms with Gasteiger partial charge >= 0.3 is 19.6 Å². The molecule has 0 saturated carbocycles. The minimum absolute atomic E-state index is 0.0107. The monoisotopic (exact) mass is 701 g/mol. The molecule has 0 unspecified atom stereocenters. The number of anilines is 1. The molecule has 0 bridgehead atoms. The summed E-state index contributed by atoms with van der Waals surface area (Å²) in [4.78, 5) is 38.7. The first-order valence-electron chi connectivity index (χ1n) is 16.3. The largest absolute Gasteiger partial charge is 0.479 e. The van der Waals surface area contributed by atoms with Crippen molar-refractivity contribution in [3.63, 3.8) is 0 Å². The van der Waals surface area contributed by atoms with E-state index in [0.29, 0.717) is 12.8 Å². The van der Waals surface area contributed by atoms with Crippen molar-refractivity contribution in [2.75, 3.05) is 32.7 Å². The molecule has 17 nitrogen and oxygen atoms in total. The Hall–Kier alpha value is -2.92. The third-order valence-corrected chi connectivity index (χ3v) is 9.38. The molecule has 1 aliphatic heterocycles. The van der Waals surface area contributed by atoms with E-state index in [4.69, 9.17) is 29.2 Å². The summed E-state index contributed by atoms with van der Waals surface area (Å²) in [5, 5.41) is 28.3. The molecule has 1 aliphatic rings. The van der Waals surface area contributed by atoms with Gasteiger partial charge in [-0.3, -0.25) is 18.7 Å². The maximum Gasteiger partial charge on any atom is 0.342 e. The Balaban J connectivity index is 1.94. The SMILES string of the molecule is CCCOC(=O)[C@H](CC(C)C)NP(=O)(N[C@@H](CC(C)C)C(=O)OCCC)OC[C@H]1O[C@@H](n2cnc3c(OC)nc(N)nc32)[C@](C)(O)[C@@H]1O. The molecule has 0 spiro atoms. The van der Waals surface area contributed by atoms with Crippen molar-refractivity contribution in [2.45, 2.75) is 110 Å². The number of ether oxygens (including phenoxy) is 4. The Morgan fingerprint density at radius 2 is 1.60 bits per heavy atom. The van der Waals surface area contributed by atoms with Gasteiger partial charge in [-0.2, -0.15) is 9.97 Å². The summed E-state index contributed by atoms with van der Waals surface area (Å²) in [6, 6.07) is -2.13. The highest BCUT2D eigenvalue weighted by Crippen LogP contribution is 2.45. The van der Waals surface area contributed by atoms with Gasteiger partial charge in [0, 0.05) is 0 Å². The van der Waals surface area contributed by atoms with Crippen LogP contribution in [0.2, 0.25) is 0 Å². The molecule has 0 amide bonds. The first kappa shape index (κ1) is 39.5. The standard InChI is InChI=1S/C30H52N7O10P/c1-9-11-44-26(39)19(13-17(3)4)35-48(42,36-20(14-18(5)6)27(40)45-12-10-2)46-15-21-23(38)30(7,41)28(47-21)37-16-32-22-24(37)33-29(31)34-25(22)43-8/h16-21,23,28,38,41H,9-15H2,1-8H3,(H2,31,33,34)(H2,35,36,42)/t19-,20-,21+,23+,28+,30+/m0/s1. The highest BCUT2D eigenvalue weighted by Gasteiger charge is 2.54. The summed E-state index contributed by atoms with van der Waals surface area (Å²) in [5.74, 6) is -1.29. The van der Waals surface area contributed by atoms with E-state index in [-0.39, 0.29) is 60.9 Å². The molecule has 6 N–H and O–H groups in total. The van der Waals surface area contributed by atoms with E-state index in [0.717, 1.165) is 0 Å². The van der Waals surface area contributed by atoms with Crippen molar-refractivity contribution < 1.29 is 47.8 Å². The maximum atomic E-state index is 14.7. The van der Waals surface area contributed by atoms with Gasteiger partial charge in [-0.15, -0.1) is 0 Å². The zero-order valence-electron chi connectivity index (χ0n) is 29.0. The fourth-order valence-electron chi connectivity index (χ4n) is 5.25. The molecule has 3 heterocycles. The van der Waals surface area contributed by atoms with Crippen LogP contribution in [0.4, 0.5) is 5.95 Å². The number of nitrogens with one attached hydrogen (secondary N) is 2. The van der Waals surface area contributed by atoms with Gasteiger partial charge in [-0.25, -0.2) is 15.2 Å². The van der Waals surface area contributed by atoms with Gasteiger partial charge in [0.15, 0.2) is 17.4 Å². The quantitative estimate of drug-likeness (QED) is 0.105. The highest BCUT2D eigenvalue weighted by molar-refractivity contribution is 7.54. The Labute approximate surface area is 281 Å². The molecule has 6 atom stereocenters. The molecule has 48 heavy (non-hydrogen) atoms. The molecule has 3 rings (SSSR count). The molecule has 1 saturated heterocycles. The van der Waals surface area contributed by atoms with Crippen LogP contribution in [0, 0.1) is 11.8 Å². The van der Waals surface area contributed by atoms with Crippen molar-refractivity contribution in [3.05, 3.63) is 6.33 Å². The van der Waals surface area contributed by atoms with Gasteiger partial charge in [0.2, 0.25) is 11.8 Å². The zero-order valence-corrected chi connectivity index (χ0v) is 29.9. The van der Waals surface area contributed by atoms with Crippen LogP contribution in [-0.4, -0.2) is 98.5 Å². The van der Waals surface area contributed by atoms with Crippen LogP contribution in [0.25, 0.3) is 11.2 Å². The number of fused-ring (bicyclic) bond motifs is 1. The number of aliphatic hydroxyl groups is 2. The van der Waals surface area contributed by atoms with Gasteiger partial charge in [-0.1, -0.05) is 41.5 Å². The zero-order chi connectivity index (χ0) is 35.8. The van der Waals surface area contributed by atoms with Crippen LogP contribution in [0.3, 0.4) is 0 Å². The number of nitrogens with zero attached hydrogens (tertiary/aromatic N) is 4. The molecule has 18 heteroatoms. The minimum Gasteiger partial charge on any atom is -0.479 e. The number of carbonyl (C=O) groups is 2. The topological polar surface area (TPSA) is 232 Å². The molecular weight excluding hydrogens is 649 g/mol. The minimum atomic E-state index is -4.32. The Morgan fingerprint density at radius 3 is 2.08 bits per heavy atom. The number of hydrogen-bond donors (Lipinski definition) is 5. The fourth-order valence-corrected chi connectivity index (χ4v) is 7.07. The summed E-state index contributed by atoms with van der Waals surface area (Å²) < 4.78 is 44.1. The lowest BCUT2D eigenvalue weighted by molar-refractivity contribution is -0.146. The summed E-state index contributed by atoms with van der Waals surface area (Å²) in [6.45, 7) is 12.4. The number of aliphatic hydroxyl groups excluding tert-OH is 1. The van der Waals surface area contributed by atoms with Crippen LogP contribution in [0.1, 0.15) is 80.4 Å². The van der Waals surface area contributed by atoms with Gasteiger partial charge in [0.25, 0.3) is 0 Å². The number of esters is 2.